The molecule has 6 nitrogen and oxygen atoms in total. The lowest BCUT2D eigenvalue weighted by atomic mass is 9.90. The minimum atomic E-state index is 1.16. The molecule has 29 aromatic rings. The maximum Gasteiger partial charge on any atom is 0.0548 e. The summed E-state index contributed by atoms with van der Waals surface area (Å²) >= 11 is 0. The predicted molar refractivity (Wildman–Crippen MR) is 569 cm³/mol. The molecule has 0 radical (unpaired) electrons. The molecule has 0 fully saturated rings. The van der Waals surface area contributed by atoms with Gasteiger partial charge in [-0.3, -0.25) is 0 Å². The van der Waals surface area contributed by atoms with Gasteiger partial charge in [0.15, 0.2) is 0 Å². The molecule has 624 valence electrons. The van der Waals surface area contributed by atoms with Crippen molar-refractivity contribution >= 4 is 184 Å². The number of hydrogen-bond acceptors (Lipinski definition) is 0. The van der Waals surface area contributed by atoms with Crippen LogP contribution in [0.5, 0.6) is 0 Å². The zero-order valence-electron chi connectivity index (χ0n) is 73.0. The number of para-hydroxylation sites is 6. The van der Waals surface area contributed by atoms with E-state index in [2.05, 4.69) is 525 Å². The zero-order valence-corrected chi connectivity index (χ0v) is 73.0. The average molecular weight is 1700 g/mol. The molecule has 0 unspecified atom stereocenters. The van der Waals surface area contributed by atoms with Crippen LogP contribution in [0.3, 0.4) is 0 Å². The molecule has 0 atom stereocenters. The smallest absolute Gasteiger partial charge is 0.0548 e. The van der Waals surface area contributed by atoms with E-state index in [1.54, 1.807) is 0 Å². The Balaban J connectivity index is 0.000000104. The summed E-state index contributed by atoms with van der Waals surface area (Å²) in [5.41, 5.74) is 25.3. The van der Waals surface area contributed by atoms with Crippen LogP contribution in [0.15, 0.2) is 498 Å². The molecule has 0 aliphatic rings. The van der Waals surface area contributed by atoms with E-state index < -0.39 is 0 Å². The Morgan fingerprint density at radius 1 is 0.104 bits per heavy atom. The summed E-state index contributed by atoms with van der Waals surface area (Å²) in [7, 11) is 0. The van der Waals surface area contributed by atoms with Gasteiger partial charge in [0, 0.05) is 101 Å². The quantitative estimate of drug-likeness (QED) is 0.129. The third-order valence-electron chi connectivity index (χ3n) is 28.1. The molecular formula is C128H82N6. The van der Waals surface area contributed by atoms with Crippen molar-refractivity contribution in [3.8, 4) is 67.5 Å². The number of nitrogens with zero attached hydrogens (tertiary/aromatic N) is 6. The Bertz CT molecular complexity index is 9770. The van der Waals surface area contributed by atoms with Crippen molar-refractivity contribution in [2.24, 2.45) is 0 Å². The summed E-state index contributed by atoms with van der Waals surface area (Å²) in [5.74, 6) is 0. The standard InChI is InChI=1S/C50H32N2.C44H28N2.C34H22N2/c1-3-12-33(13-4-1)35-22-24-42-43-25-23-36(30-46(43)41-19-8-7-18-40(41)45(42)29-35)34-14-11-17-39(28-34)52-48-21-10-9-20-44(48)47-32-49-37(31-50(47)52)26-27-51(49)38-15-5-2-6-16-38;1-2-12-32(13-3-1)45-24-23-31-27-44-41(28-43(31)45)39-19-8-9-20-42(39)46(44)33-14-10-11-29(25-33)30-21-22-38-36-17-5-4-15-34(36)35-16-6-7-18-37(35)40(38)26-30;1-2-9-26(10-3-1)35-19-18-25-21-34-31(22-33(25)35)30-12-6-7-13-32(30)36(34)27-16-17-29-24(20-27)15-14-23-8-4-5-11-28(23)29/h1-32H;1-28H;1-22H. The Kier molecular flexibility index (Phi) is 17.6. The van der Waals surface area contributed by atoms with Crippen LogP contribution in [0.25, 0.3) is 252 Å². The van der Waals surface area contributed by atoms with E-state index in [-0.39, 0.29) is 0 Å². The lowest BCUT2D eigenvalue weighted by Crippen LogP contribution is -1.95. The number of rotatable bonds is 9. The summed E-state index contributed by atoms with van der Waals surface area (Å²) in [4.78, 5) is 0. The van der Waals surface area contributed by atoms with E-state index in [1.807, 2.05) is 0 Å². The third kappa shape index (κ3) is 12.4. The highest BCUT2D eigenvalue weighted by molar-refractivity contribution is 6.28. The number of benzene rings is 23. The lowest BCUT2D eigenvalue weighted by Gasteiger charge is -2.14. The van der Waals surface area contributed by atoms with Gasteiger partial charge in [0.25, 0.3) is 0 Å². The first-order chi connectivity index (χ1) is 66.4. The molecule has 0 aliphatic heterocycles. The van der Waals surface area contributed by atoms with Gasteiger partial charge in [-0.1, -0.05) is 315 Å². The summed E-state index contributed by atoms with van der Waals surface area (Å²) in [6, 6.07) is 175. The van der Waals surface area contributed by atoms with Crippen LogP contribution in [-0.4, -0.2) is 27.4 Å². The highest BCUT2D eigenvalue weighted by atomic mass is 15.0. The predicted octanol–water partition coefficient (Wildman–Crippen LogP) is 34.4. The van der Waals surface area contributed by atoms with E-state index in [1.165, 1.54) is 240 Å². The molecule has 0 amide bonds. The Hall–Kier alpha value is -17.8. The first-order valence-corrected chi connectivity index (χ1v) is 46.1. The van der Waals surface area contributed by atoms with Crippen LogP contribution in [-0.2, 0) is 0 Å². The molecule has 0 bridgehead atoms. The lowest BCUT2D eigenvalue weighted by molar-refractivity contribution is 1.13. The fourth-order valence-corrected chi connectivity index (χ4v) is 21.9. The summed E-state index contributed by atoms with van der Waals surface area (Å²) in [5, 5.41) is 31.9. The van der Waals surface area contributed by atoms with Crippen molar-refractivity contribution in [2.75, 3.05) is 0 Å². The van der Waals surface area contributed by atoms with Gasteiger partial charge >= 0.3 is 0 Å². The van der Waals surface area contributed by atoms with Crippen LogP contribution in [0.1, 0.15) is 0 Å². The molecule has 0 saturated carbocycles. The summed E-state index contributed by atoms with van der Waals surface area (Å²) < 4.78 is 14.1. The van der Waals surface area contributed by atoms with Crippen LogP contribution >= 0.6 is 0 Å². The molecular weight excluding hydrogens is 1620 g/mol. The van der Waals surface area contributed by atoms with Crippen LogP contribution in [0, 0.1) is 0 Å². The molecule has 6 heterocycles. The van der Waals surface area contributed by atoms with Crippen molar-refractivity contribution in [3.05, 3.63) is 498 Å². The second-order valence-electron chi connectivity index (χ2n) is 35.5. The molecule has 0 spiro atoms. The maximum absolute atomic E-state index is 2.43. The van der Waals surface area contributed by atoms with Gasteiger partial charge in [-0.25, -0.2) is 0 Å². The minimum absolute atomic E-state index is 1.16. The summed E-state index contributed by atoms with van der Waals surface area (Å²) in [6.45, 7) is 0. The van der Waals surface area contributed by atoms with Gasteiger partial charge in [-0.2, -0.15) is 0 Å². The molecule has 134 heavy (non-hydrogen) atoms. The van der Waals surface area contributed by atoms with Crippen molar-refractivity contribution < 1.29 is 0 Å². The normalized spacial score (nSPS) is 11.9. The molecule has 23 aromatic carbocycles. The molecule has 0 saturated heterocycles. The van der Waals surface area contributed by atoms with E-state index in [0.717, 1.165) is 11.4 Å². The highest BCUT2D eigenvalue weighted by Crippen LogP contribution is 2.46. The third-order valence-corrected chi connectivity index (χ3v) is 28.1. The van der Waals surface area contributed by atoms with E-state index in [9.17, 15) is 0 Å². The largest absolute Gasteiger partial charge is 0.317 e. The second kappa shape index (κ2) is 31.0. The topological polar surface area (TPSA) is 29.6 Å². The number of hydrogen-bond donors (Lipinski definition) is 0. The second-order valence-corrected chi connectivity index (χ2v) is 35.5. The number of aromatic nitrogens is 6. The molecule has 29 rings (SSSR count). The molecule has 0 N–H and O–H groups in total. The van der Waals surface area contributed by atoms with Gasteiger partial charge in [0.2, 0.25) is 0 Å². The van der Waals surface area contributed by atoms with Gasteiger partial charge < -0.3 is 27.4 Å². The summed E-state index contributed by atoms with van der Waals surface area (Å²) in [6.07, 6.45) is 6.53. The molecule has 0 aliphatic carbocycles. The van der Waals surface area contributed by atoms with E-state index >= 15 is 0 Å². The SMILES string of the molecule is c1ccc(-c2ccc3c4ccc(-c5cccc(-n6c7ccccc7c7cc8c(ccn8-c8ccccc8)cc76)c5)cc4c4ccccc4c3c2)cc1.c1ccc(-n2ccc3cc4c(cc32)c2ccccc2n4-c2ccc3c(ccc4ccccc43)c2)cc1.c1ccc(-n2ccc3cc4c(cc32)c2ccccc2n4-c2cccc(-c3ccc4c5ccccc5c5ccccc5c4c3)c2)cc1. The monoisotopic (exact) mass is 1700 g/mol. The van der Waals surface area contributed by atoms with Crippen molar-refractivity contribution in [2.45, 2.75) is 0 Å². The Morgan fingerprint density at radius 2 is 0.373 bits per heavy atom. The highest BCUT2D eigenvalue weighted by Gasteiger charge is 2.23. The van der Waals surface area contributed by atoms with Gasteiger partial charge in [0.1, 0.15) is 0 Å². The van der Waals surface area contributed by atoms with Gasteiger partial charge in [0.05, 0.1) is 49.7 Å². The van der Waals surface area contributed by atoms with E-state index in [4.69, 9.17) is 0 Å². The zero-order chi connectivity index (χ0) is 88.0. The minimum Gasteiger partial charge on any atom is -0.317 e. The van der Waals surface area contributed by atoms with Gasteiger partial charge in [-0.15, -0.1) is 0 Å². The molecule has 6 heteroatoms. The van der Waals surface area contributed by atoms with Crippen molar-refractivity contribution in [1.82, 2.24) is 27.4 Å². The maximum atomic E-state index is 2.43. The number of fused-ring (bicyclic) bond motifs is 27. The average Bonchev–Trinajstić information content (AvgIpc) is 1.62. The Labute approximate surface area is 771 Å². The molecule has 6 aromatic heterocycles. The van der Waals surface area contributed by atoms with Crippen LogP contribution in [0.4, 0.5) is 0 Å². The van der Waals surface area contributed by atoms with Crippen LogP contribution < -0.4 is 0 Å². The van der Waals surface area contributed by atoms with Crippen molar-refractivity contribution in [3.63, 3.8) is 0 Å². The Morgan fingerprint density at radius 3 is 0.761 bits per heavy atom. The van der Waals surface area contributed by atoms with Crippen LogP contribution in [0.2, 0.25) is 0 Å². The van der Waals surface area contributed by atoms with Crippen molar-refractivity contribution in [1.29, 1.82) is 0 Å². The fraction of sp³-hybridized carbons (Fsp3) is 0. The fourth-order valence-electron chi connectivity index (χ4n) is 21.9. The first kappa shape index (κ1) is 76.2. The van der Waals surface area contributed by atoms with E-state index in [0.29, 0.717) is 0 Å². The first-order valence-electron chi connectivity index (χ1n) is 46.1. The van der Waals surface area contributed by atoms with Gasteiger partial charge in [-0.05, 0) is 283 Å².